The fourth-order valence-electron chi connectivity index (χ4n) is 2.15. The fraction of sp³-hybridized carbons (Fsp3) is 0.444. The standard InChI is InChI=1S/C18H25N3OS/c1-12(2)11-19-17(22)14(4)23-18-20-13(3)16(21-18)10-15-8-6-5-7-9-15/h5-9,12,14H,10-11H2,1-4H3,(H,19,22)(H,20,21). The predicted molar refractivity (Wildman–Crippen MR) is 95.7 cm³/mol. The molecule has 1 amide bonds. The Balaban J connectivity index is 1.96. The maximum absolute atomic E-state index is 12.1. The van der Waals surface area contributed by atoms with E-state index >= 15 is 0 Å². The van der Waals surface area contributed by atoms with Crippen LogP contribution in [-0.4, -0.2) is 27.7 Å². The van der Waals surface area contributed by atoms with Crippen LogP contribution in [0, 0.1) is 12.8 Å². The summed E-state index contributed by atoms with van der Waals surface area (Å²) in [6.45, 7) is 8.82. The lowest BCUT2D eigenvalue weighted by Crippen LogP contribution is -2.33. The molecule has 0 aliphatic heterocycles. The molecule has 0 saturated heterocycles. The highest BCUT2D eigenvalue weighted by Crippen LogP contribution is 2.23. The molecule has 0 bridgehead atoms. The Morgan fingerprint density at radius 3 is 2.61 bits per heavy atom. The van der Waals surface area contributed by atoms with Gasteiger partial charge in [0, 0.05) is 18.7 Å². The third-order valence-corrected chi connectivity index (χ3v) is 4.50. The van der Waals surface area contributed by atoms with Crippen LogP contribution in [0.4, 0.5) is 0 Å². The number of imidazole rings is 1. The normalized spacial score (nSPS) is 12.4. The highest BCUT2D eigenvalue weighted by Gasteiger charge is 2.17. The second kappa shape index (κ2) is 8.20. The number of hydrogen-bond donors (Lipinski definition) is 2. The first-order chi connectivity index (χ1) is 11.0. The van der Waals surface area contributed by atoms with E-state index < -0.39 is 0 Å². The smallest absolute Gasteiger partial charge is 0.233 e. The van der Waals surface area contributed by atoms with E-state index in [4.69, 9.17) is 0 Å². The van der Waals surface area contributed by atoms with E-state index in [2.05, 4.69) is 41.3 Å². The van der Waals surface area contributed by atoms with Gasteiger partial charge in [-0.2, -0.15) is 0 Å². The molecule has 124 valence electrons. The first-order valence-electron chi connectivity index (χ1n) is 7.99. The van der Waals surface area contributed by atoms with Crippen LogP contribution in [-0.2, 0) is 11.2 Å². The van der Waals surface area contributed by atoms with Crippen LogP contribution in [0.1, 0.15) is 37.7 Å². The number of nitrogens with one attached hydrogen (secondary N) is 2. The number of carbonyl (C=O) groups excluding carboxylic acids is 1. The third kappa shape index (κ3) is 5.43. The van der Waals surface area contributed by atoms with Crippen molar-refractivity contribution in [3.05, 3.63) is 47.3 Å². The summed E-state index contributed by atoms with van der Waals surface area (Å²) in [6.07, 6.45) is 0.803. The van der Waals surface area contributed by atoms with Crippen molar-refractivity contribution in [1.82, 2.24) is 15.3 Å². The summed E-state index contributed by atoms with van der Waals surface area (Å²) in [7, 11) is 0. The lowest BCUT2D eigenvalue weighted by atomic mass is 10.1. The minimum atomic E-state index is -0.163. The van der Waals surface area contributed by atoms with Crippen LogP contribution in [0.3, 0.4) is 0 Å². The number of H-pyrrole nitrogens is 1. The van der Waals surface area contributed by atoms with Gasteiger partial charge in [0.05, 0.1) is 10.9 Å². The van der Waals surface area contributed by atoms with Crippen LogP contribution in [0.25, 0.3) is 0 Å². The summed E-state index contributed by atoms with van der Waals surface area (Å²) < 4.78 is 0. The lowest BCUT2D eigenvalue weighted by molar-refractivity contribution is -0.120. The summed E-state index contributed by atoms with van der Waals surface area (Å²) >= 11 is 1.47. The van der Waals surface area contributed by atoms with Crippen molar-refractivity contribution >= 4 is 17.7 Å². The van der Waals surface area contributed by atoms with Crippen molar-refractivity contribution < 1.29 is 4.79 Å². The summed E-state index contributed by atoms with van der Waals surface area (Å²) in [6, 6.07) is 10.3. The van der Waals surface area contributed by atoms with E-state index in [0.717, 1.165) is 23.0 Å². The molecule has 0 radical (unpaired) electrons. The second-order valence-corrected chi connectivity index (χ2v) is 7.50. The SMILES string of the molecule is Cc1[nH]c(SC(C)C(=O)NCC(C)C)nc1Cc1ccccc1. The van der Waals surface area contributed by atoms with E-state index in [1.165, 1.54) is 17.3 Å². The van der Waals surface area contributed by atoms with Gasteiger partial charge in [-0.25, -0.2) is 4.98 Å². The molecule has 2 aromatic rings. The average Bonchev–Trinajstić information content (AvgIpc) is 2.85. The minimum Gasteiger partial charge on any atom is -0.355 e. The number of carbonyl (C=O) groups is 1. The van der Waals surface area contributed by atoms with Gasteiger partial charge >= 0.3 is 0 Å². The lowest BCUT2D eigenvalue weighted by Gasteiger charge is -2.11. The van der Waals surface area contributed by atoms with Gasteiger partial charge in [-0.3, -0.25) is 4.79 Å². The Morgan fingerprint density at radius 2 is 1.96 bits per heavy atom. The Labute approximate surface area is 142 Å². The highest BCUT2D eigenvalue weighted by atomic mass is 32.2. The van der Waals surface area contributed by atoms with Crippen LogP contribution >= 0.6 is 11.8 Å². The molecule has 1 unspecified atom stereocenters. The zero-order chi connectivity index (χ0) is 16.8. The zero-order valence-corrected chi connectivity index (χ0v) is 15.0. The number of amides is 1. The molecule has 23 heavy (non-hydrogen) atoms. The Bertz CT molecular complexity index is 637. The summed E-state index contributed by atoms with van der Waals surface area (Å²) in [4.78, 5) is 20.0. The Kier molecular flexibility index (Phi) is 6.28. The van der Waals surface area contributed by atoms with E-state index in [1.54, 1.807) is 0 Å². The number of aromatic nitrogens is 2. The Morgan fingerprint density at radius 1 is 1.26 bits per heavy atom. The topological polar surface area (TPSA) is 57.8 Å². The van der Waals surface area contributed by atoms with Gasteiger partial charge in [0.15, 0.2) is 5.16 Å². The number of aromatic amines is 1. The number of thioether (sulfide) groups is 1. The van der Waals surface area contributed by atoms with Crippen LogP contribution in [0.15, 0.2) is 35.5 Å². The monoisotopic (exact) mass is 331 g/mol. The van der Waals surface area contributed by atoms with Gasteiger partial charge in [-0.1, -0.05) is 55.9 Å². The summed E-state index contributed by atoms with van der Waals surface area (Å²) in [5, 5.41) is 3.60. The number of aryl methyl sites for hydroxylation is 1. The van der Waals surface area contributed by atoms with E-state index in [0.29, 0.717) is 12.5 Å². The first kappa shape index (κ1) is 17.6. The van der Waals surface area contributed by atoms with E-state index in [9.17, 15) is 4.79 Å². The largest absolute Gasteiger partial charge is 0.355 e. The molecular weight excluding hydrogens is 306 g/mol. The predicted octanol–water partition coefficient (Wildman–Crippen LogP) is 3.56. The molecule has 1 aromatic carbocycles. The maximum Gasteiger partial charge on any atom is 0.233 e. The van der Waals surface area contributed by atoms with E-state index in [1.807, 2.05) is 32.0 Å². The van der Waals surface area contributed by atoms with Crippen LogP contribution < -0.4 is 5.32 Å². The van der Waals surface area contributed by atoms with Gasteiger partial charge in [0.2, 0.25) is 5.91 Å². The zero-order valence-electron chi connectivity index (χ0n) is 14.2. The molecule has 1 atom stereocenters. The number of nitrogens with zero attached hydrogens (tertiary/aromatic N) is 1. The van der Waals surface area contributed by atoms with Crippen molar-refractivity contribution in [2.75, 3.05) is 6.54 Å². The maximum atomic E-state index is 12.1. The molecule has 0 fully saturated rings. The molecule has 1 heterocycles. The van der Waals surface area contributed by atoms with Crippen molar-refractivity contribution in [1.29, 1.82) is 0 Å². The molecule has 0 spiro atoms. The van der Waals surface area contributed by atoms with Gasteiger partial charge in [0.1, 0.15) is 0 Å². The van der Waals surface area contributed by atoms with Crippen molar-refractivity contribution in [3.8, 4) is 0 Å². The van der Waals surface area contributed by atoms with Crippen LogP contribution in [0.2, 0.25) is 0 Å². The van der Waals surface area contributed by atoms with E-state index in [-0.39, 0.29) is 11.2 Å². The molecule has 0 saturated carbocycles. The minimum absolute atomic E-state index is 0.0577. The van der Waals surface area contributed by atoms with Gasteiger partial charge in [-0.05, 0) is 25.3 Å². The van der Waals surface area contributed by atoms with Gasteiger partial charge < -0.3 is 10.3 Å². The van der Waals surface area contributed by atoms with Crippen molar-refractivity contribution in [3.63, 3.8) is 0 Å². The second-order valence-electron chi connectivity index (χ2n) is 6.18. The molecule has 5 heteroatoms. The average molecular weight is 331 g/mol. The number of rotatable bonds is 7. The number of hydrogen-bond acceptors (Lipinski definition) is 3. The quantitative estimate of drug-likeness (QED) is 0.763. The third-order valence-electron chi connectivity index (χ3n) is 3.52. The Hall–Kier alpha value is -1.75. The molecule has 2 N–H and O–H groups in total. The van der Waals surface area contributed by atoms with Gasteiger partial charge in [-0.15, -0.1) is 0 Å². The molecule has 1 aromatic heterocycles. The van der Waals surface area contributed by atoms with Crippen LogP contribution in [0.5, 0.6) is 0 Å². The fourth-order valence-corrected chi connectivity index (χ4v) is 3.05. The first-order valence-corrected chi connectivity index (χ1v) is 8.87. The molecular formula is C18H25N3OS. The highest BCUT2D eigenvalue weighted by molar-refractivity contribution is 8.00. The number of benzene rings is 1. The molecule has 2 rings (SSSR count). The summed E-state index contributed by atoms with van der Waals surface area (Å²) in [5.74, 6) is 0.516. The molecule has 0 aliphatic rings. The molecule has 0 aliphatic carbocycles. The summed E-state index contributed by atoms with van der Waals surface area (Å²) in [5.41, 5.74) is 3.33. The molecule has 4 nitrogen and oxygen atoms in total. The van der Waals surface area contributed by atoms with Crippen molar-refractivity contribution in [2.45, 2.75) is 44.5 Å². The van der Waals surface area contributed by atoms with Gasteiger partial charge in [0.25, 0.3) is 0 Å². The van der Waals surface area contributed by atoms with Crippen molar-refractivity contribution in [2.24, 2.45) is 5.92 Å².